The maximum atomic E-state index is 12.7. The summed E-state index contributed by atoms with van der Waals surface area (Å²) in [4.78, 5) is 23.4. The Hall–Kier alpha value is -1.94. The highest BCUT2D eigenvalue weighted by atomic mass is 35.5. The highest BCUT2D eigenvalue weighted by molar-refractivity contribution is 8.00. The van der Waals surface area contributed by atoms with Crippen molar-refractivity contribution in [3.8, 4) is 0 Å². The molecule has 1 aliphatic rings. The molecule has 7 nitrogen and oxygen atoms in total. The quantitative estimate of drug-likeness (QED) is 0.401. The van der Waals surface area contributed by atoms with E-state index < -0.39 is 0 Å². The van der Waals surface area contributed by atoms with Crippen LogP contribution in [0.1, 0.15) is 18.4 Å². The normalized spacial score (nSPS) is 16.5. The van der Waals surface area contributed by atoms with Crippen LogP contribution in [0.4, 0.5) is 11.1 Å². The number of benzene rings is 1. The minimum atomic E-state index is -0.149. The van der Waals surface area contributed by atoms with Gasteiger partial charge >= 0.3 is 0 Å². The lowest BCUT2D eigenvalue weighted by atomic mass is 9.97. The standard InChI is InChI=1S/C19H18Cl2N6OS2/c20-14-5-1-6-15(21)13(14)11-29-19-26-25-18(30-19)24-16(28)12-4-2-9-27(10-12)17-22-7-3-8-23-17/h1,3,5-8,12H,2,4,9-11H2,(H,24,25,28)/t12-/m1/s1. The first-order chi connectivity index (χ1) is 14.6. The summed E-state index contributed by atoms with van der Waals surface area (Å²) in [6.45, 7) is 1.43. The van der Waals surface area contributed by atoms with Crippen LogP contribution in [0, 0.1) is 5.92 Å². The van der Waals surface area contributed by atoms with Crippen LogP contribution in [0.2, 0.25) is 10.0 Å². The number of thioether (sulfide) groups is 1. The van der Waals surface area contributed by atoms with E-state index in [1.54, 1.807) is 18.5 Å². The molecule has 0 spiro atoms. The largest absolute Gasteiger partial charge is 0.340 e. The maximum absolute atomic E-state index is 12.7. The average molecular weight is 481 g/mol. The Kier molecular flexibility index (Phi) is 7.04. The van der Waals surface area contributed by atoms with E-state index in [1.165, 1.54) is 23.1 Å². The van der Waals surface area contributed by atoms with E-state index in [1.807, 2.05) is 23.1 Å². The maximum Gasteiger partial charge on any atom is 0.231 e. The zero-order valence-electron chi connectivity index (χ0n) is 15.8. The van der Waals surface area contributed by atoms with Crippen LogP contribution in [0.5, 0.6) is 0 Å². The molecule has 0 bridgehead atoms. The third kappa shape index (κ3) is 5.21. The molecule has 0 saturated carbocycles. The van der Waals surface area contributed by atoms with Crippen molar-refractivity contribution in [3.05, 3.63) is 52.3 Å². The van der Waals surface area contributed by atoms with Gasteiger partial charge in [-0.3, -0.25) is 4.79 Å². The summed E-state index contributed by atoms with van der Waals surface area (Å²) in [5.41, 5.74) is 0.858. The van der Waals surface area contributed by atoms with E-state index in [0.29, 0.717) is 33.4 Å². The second kappa shape index (κ2) is 9.91. The molecule has 4 rings (SSSR count). The number of carbonyl (C=O) groups excluding carboxylic acids is 1. The molecule has 3 heterocycles. The lowest BCUT2D eigenvalue weighted by Crippen LogP contribution is -2.41. The summed E-state index contributed by atoms with van der Waals surface area (Å²) in [6, 6.07) is 7.21. The summed E-state index contributed by atoms with van der Waals surface area (Å²) in [5.74, 6) is 1.03. The molecule has 0 radical (unpaired) electrons. The highest BCUT2D eigenvalue weighted by Crippen LogP contribution is 2.34. The highest BCUT2D eigenvalue weighted by Gasteiger charge is 2.27. The van der Waals surface area contributed by atoms with Crippen LogP contribution in [0.25, 0.3) is 0 Å². The second-order valence-electron chi connectivity index (χ2n) is 6.69. The van der Waals surface area contributed by atoms with E-state index in [4.69, 9.17) is 23.2 Å². The van der Waals surface area contributed by atoms with Gasteiger partial charge in [0.15, 0.2) is 4.34 Å². The molecular weight excluding hydrogens is 463 g/mol. The van der Waals surface area contributed by atoms with Crippen molar-refractivity contribution in [3.63, 3.8) is 0 Å². The fraction of sp³-hybridized carbons (Fsp3) is 0.316. The van der Waals surface area contributed by atoms with Gasteiger partial charge in [-0.25, -0.2) is 9.97 Å². The van der Waals surface area contributed by atoms with Crippen molar-refractivity contribution in [2.24, 2.45) is 5.92 Å². The van der Waals surface area contributed by atoms with Crippen molar-refractivity contribution in [1.82, 2.24) is 20.2 Å². The summed E-state index contributed by atoms with van der Waals surface area (Å²) in [6.07, 6.45) is 5.15. The molecule has 1 aromatic carbocycles. The molecule has 1 atom stereocenters. The lowest BCUT2D eigenvalue weighted by molar-refractivity contribution is -0.120. The Labute approximate surface area is 192 Å². The van der Waals surface area contributed by atoms with Gasteiger partial charge in [0.2, 0.25) is 17.0 Å². The van der Waals surface area contributed by atoms with Crippen molar-refractivity contribution >= 4 is 63.3 Å². The Morgan fingerprint density at radius 2 is 1.97 bits per heavy atom. The Morgan fingerprint density at radius 3 is 2.73 bits per heavy atom. The Balaban J connectivity index is 1.33. The predicted octanol–water partition coefficient (Wildman–Crippen LogP) is 4.78. The first-order valence-corrected chi connectivity index (χ1v) is 11.9. The summed E-state index contributed by atoms with van der Waals surface area (Å²) in [7, 11) is 0. The number of piperidine rings is 1. The van der Waals surface area contributed by atoms with Crippen molar-refractivity contribution in [2.45, 2.75) is 22.9 Å². The van der Waals surface area contributed by atoms with E-state index in [0.717, 1.165) is 29.3 Å². The molecule has 11 heteroatoms. The van der Waals surface area contributed by atoms with Gasteiger partial charge in [0.05, 0.1) is 5.92 Å². The number of nitrogens with one attached hydrogen (secondary N) is 1. The third-order valence-corrected chi connectivity index (χ3v) is 7.37. The zero-order chi connectivity index (χ0) is 20.9. The molecule has 1 saturated heterocycles. The van der Waals surface area contributed by atoms with E-state index in [9.17, 15) is 4.79 Å². The van der Waals surface area contributed by atoms with Gasteiger partial charge in [-0.15, -0.1) is 10.2 Å². The van der Waals surface area contributed by atoms with E-state index >= 15 is 0 Å². The Bertz CT molecular complexity index is 999. The smallest absolute Gasteiger partial charge is 0.231 e. The first-order valence-electron chi connectivity index (χ1n) is 9.32. The van der Waals surface area contributed by atoms with Crippen LogP contribution >= 0.6 is 46.3 Å². The number of hydrogen-bond donors (Lipinski definition) is 1. The molecule has 156 valence electrons. The first kappa shape index (κ1) is 21.3. The monoisotopic (exact) mass is 480 g/mol. The van der Waals surface area contributed by atoms with Gasteiger partial charge in [-0.05, 0) is 36.6 Å². The van der Waals surface area contributed by atoms with Crippen molar-refractivity contribution in [1.29, 1.82) is 0 Å². The van der Waals surface area contributed by atoms with Crippen LogP contribution in [-0.4, -0.2) is 39.2 Å². The summed E-state index contributed by atoms with van der Waals surface area (Å²) >= 11 is 15.2. The molecule has 1 N–H and O–H groups in total. The van der Waals surface area contributed by atoms with E-state index in [-0.39, 0.29) is 11.8 Å². The molecule has 0 aliphatic carbocycles. The number of hydrogen-bond acceptors (Lipinski definition) is 8. The predicted molar refractivity (Wildman–Crippen MR) is 122 cm³/mol. The average Bonchev–Trinajstić information content (AvgIpc) is 3.21. The van der Waals surface area contributed by atoms with Gasteiger partial charge in [0, 0.05) is 41.3 Å². The molecule has 30 heavy (non-hydrogen) atoms. The fourth-order valence-electron chi connectivity index (χ4n) is 3.16. The molecule has 1 aliphatic heterocycles. The number of amides is 1. The summed E-state index contributed by atoms with van der Waals surface area (Å²) in [5, 5.41) is 12.9. The second-order valence-corrected chi connectivity index (χ2v) is 9.70. The van der Waals surface area contributed by atoms with Crippen molar-refractivity contribution in [2.75, 3.05) is 23.3 Å². The van der Waals surface area contributed by atoms with Gasteiger partial charge in [-0.2, -0.15) is 0 Å². The van der Waals surface area contributed by atoms with Crippen LogP contribution < -0.4 is 10.2 Å². The molecule has 2 aromatic heterocycles. The molecular formula is C19H18Cl2N6OS2. The van der Waals surface area contributed by atoms with Crippen LogP contribution in [0.3, 0.4) is 0 Å². The van der Waals surface area contributed by atoms with Gasteiger partial charge in [0.1, 0.15) is 0 Å². The number of carbonyl (C=O) groups is 1. The molecule has 0 unspecified atom stereocenters. The SMILES string of the molecule is O=C(Nc1nnc(SCc2c(Cl)cccc2Cl)s1)[C@@H]1CCCN(c2ncccn2)C1. The van der Waals surface area contributed by atoms with Gasteiger partial charge in [-0.1, -0.05) is 52.4 Å². The number of rotatable bonds is 6. The Morgan fingerprint density at radius 1 is 1.20 bits per heavy atom. The minimum absolute atomic E-state index is 0.0579. The number of halogens is 2. The van der Waals surface area contributed by atoms with Gasteiger partial charge in [0.25, 0.3) is 0 Å². The topological polar surface area (TPSA) is 83.9 Å². The number of nitrogens with zero attached hydrogens (tertiary/aromatic N) is 5. The third-order valence-electron chi connectivity index (χ3n) is 4.67. The van der Waals surface area contributed by atoms with Crippen LogP contribution in [0.15, 0.2) is 41.0 Å². The van der Waals surface area contributed by atoms with Crippen molar-refractivity contribution < 1.29 is 4.79 Å². The van der Waals surface area contributed by atoms with Crippen LogP contribution in [-0.2, 0) is 10.5 Å². The molecule has 1 amide bonds. The number of anilines is 2. The molecule has 3 aromatic rings. The summed E-state index contributed by atoms with van der Waals surface area (Å²) < 4.78 is 0.740. The number of aromatic nitrogens is 4. The minimum Gasteiger partial charge on any atom is -0.340 e. The van der Waals surface area contributed by atoms with E-state index in [2.05, 4.69) is 25.5 Å². The lowest BCUT2D eigenvalue weighted by Gasteiger charge is -2.31. The van der Waals surface area contributed by atoms with Gasteiger partial charge < -0.3 is 10.2 Å². The molecule has 1 fully saturated rings. The zero-order valence-corrected chi connectivity index (χ0v) is 18.9. The fourth-order valence-corrected chi connectivity index (χ4v) is 5.65.